The summed E-state index contributed by atoms with van der Waals surface area (Å²) in [7, 11) is 0. The molecule has 1 fully saturated rings. The Hall–Kier alpha value is -2.16. The molecule has 112 valence electrons. The van der Waals surface area contributed by atoms with Crippen molar-refractivity contribution in [2.75, 3.05) is 19.8 Å². The second-order valence-corrected chi connectivity index (χ2v) is 4.72. The van der Waals surface area contributed by atoms with Gasteiger partial charge < -0.3 is 9.64 Å². The predicted molar refractivity (Wildman–Crippen MR) is 67.0 cm³/mol. The van der Waals surface area contributed by atoms with Crippen LogP contribution in [0.3, 0.4) is 0 Å². The number of morpholine rings is 1. The quantitative estimate of drug-likeness (QED) is 0.830. The number of rotatable bonds is 3. The average molecular weight is 297 g/mol. The van der Waals surface area contributed by atoms with Crippen LogP contribution in [0.15, 0.2) is 18.3 Å². The lowest BCUT2D eigenvalue weighted by molar-refractivity contribution is -0.0215. The zero-order valence-electron chi connectivity index (χ0n) is 11.0. The number of halogens is 2. The smallest absolute Gasteiger partial charge is 0.258 e. The minimum atomic E-state index is -2.49. The van der Waals surface area contributed by atoms with E-state index in [0.29, 0.717) is 17.8 Å². The summed E-state index contributed by atoms with van der Waals surface area (Å²) in [5, 5.41) is 11.0. The van der Waals surface area contributed by atoms with E-state index in [4.69, 9.17) is 4.74 Å². The molecule has 0 aliphatic carbocycles. The molecule has 0 radical (unpaired) electrons. The minimum absolute atomic E-state index is 0.115. The topological polar surface area (TPSA) is 72.6 Å². The molecule has 1 unspecified atom stereocenters. The molecule has 3 heterocycles. The number of carbonyl (C=O) groups is 1. The molecule has 1 aliphatic rings. The van der Waals surface area contributed by atoms with Crippen molar-refractivity contribution < 1.29 is 18.3 Å². The highest BCUT2D eigenvalue weighted by Crippen LogP contribution is 2.19. The fourth-order valence-electron chi connectivity index (χ4n) is 2.41. The van der Waals surface area contributed by atoms with Crippen molar-refractivity contribution in [3.8, 4) is 0 Å². The lowest BCUT2D eigenvalue weighted by Crippen LogP contribution is -2.49. The number of ether oxygens (including phenoxy) is 1. The molecule has 0 bridgehead atoms. The van der Waals surface area contributed by atoms with E-state index in [9.17, 15) is 13.6 Å². The SMILES string of the molecule is O=C(c1cccn2nnnc12)N1CCOCC1CC(F)F. The van der Waals surface area contributed by atoms with Gasteiger partial charge in [-0.1, -0.05) is 0 Å². The molecule has 1 saturated heterocycles. The first-order valence-corrected chi connectivity index (χ1v) is 6.50. The van der Waals surface area contributed by atoms with Gasteiger partial charge in [-0.05, 0) is 22.6 Å². The van der Waals surface area contributed by atoms with Gasteiger partial charge in [-0.2, -0.15) is 4.52 Å². The van der Waals surface area contributed by atoms with Crippen molar-refractivity contribution in [1.82, 2.24) is 24.9 Å². The number of carbonyl (C=O) groups excluding carboxylic acids is 1. The van der Waals surface area contributed by atoms with Crippen molar-refractivity contribution in [3.05, 3.63) is 23.9 Å². The Morgan fingerprint density at radius 1 is 1.52 bits per heavy atom. The van der Waals surface area contributed by atoms with E-state index in [0.717, 1.165) is 0 Å². The van der Waals surface area contributed by atoms with E-state index in [1.54, 1.807) is 18.3 Å². The molecule has 2 aromatic heterocycles. The van der Waals surface area contributed by atoms with Crippen LogP contribution in [0.4, 0.5) is 8.78 Å². The van der Waals surface area contributed by atoms with Gasteiger partial charge in [-0.25, -0.2) is 8.78 Å². The van der Waals surface area contributed by atoms with Crippen molar-refractivity contribution in [2.24, 2.45) is 0 Å². The maximum Gasteiger partial charge on any atom is 0.258 e. The molecule has 1 aliphatic heterocycles. The van der Waals surface area contributed by atoms with Crippen LogP contribution in [-0.4, -0.2) is 63.1 Å². The zero-order valence-corrected chi connectivity index (χ0v) is 11.0. The lowest BCUT2D eigenvalue weighted by atomic mass is 10.1. The summed E-state index contributed by atoms with van der Waals surface area (Å²) in [6.07, 6.45) is -1.28. The average Bonchev–Trinajstić information content (AvgIpc) is 2.95. The fraction of sp³-hybridized carbons (Fsp3) is 0.500. The van der Waals surface area contributed by atoms with E-state index >= 15 is 0 Å². The molecule has 0 N–H and O–H groups in total. The first-order valence-electron chi connectivity index (χ1n) is 6.50. The number of fused-ring (bicyclic) bond motifs is 1. The first kappa shape index (κ1) is 13.8. The molecule has 0 saturated carbocycles. The van der Waals surface area contributed by atoms with E-state index in [1.165, 1.54) is 9.42 Å². The monoisotopic (exact) mass is 297 g/mol. The summed E-state index contributed by atoms with van der Waals surface area (Å²) in [5.41, 5.74) is 0.605. The van der Waals surface area contributed by atoms with Crippen LogP contribution in [0.25, 0.3) is 5.65 Å². The second-order valence-electron chi connectivity index (χ2n) is 4.72. The van der Waals surface area contributed by atoms with Crippen molar-refractivity contribution in [1.29, 1.82) is 0 Å². The summed E-state index contributed by atoms with van der Waals surface area (Å²) in [6.45, 7) is 0.725. The molecule has 1 amide bonds. The summed E-state index contributed by atoms with van der Waals surface area (Å²) >= 11 is 0. The van der Waals surface area contributed by atoms with Gasteiger partial charge in [-0.15, -0.1) is 5.10 Å². The highest BCUT2D eigenvalue weighted by molar-refractivity contribution is 5.99. The van der Waals surface area contributed by atoms with Crippen LogP contribution in [0, 0.1) is 0 Å². The van der Waals surface area contributed by atoms with Gasteiger partial charge in [0.25, 0.3) is 5.91 Å². The van der Waals surface area contributed by atoms with Gasteiger partial charge in [-0.3, -0.25) is 4.79 Å². The van der Waals surface area contributed by atoms with Gasteiger partial charge in [0.15, 0.2) is 5.65 Å². The third-order valence-corrected chi connectivity index (χ3v) is 3.39. The number of alkyl halides is 2. The molecule has 7 nitrogen and oxygen atoms in total. The van der Waals surface area contributed by atoms with Gasteiger partial charge in [0.05, 0.1) is 24.8 Å². The first-order chi connectivity index (χ1) is 10.2. The summed E-state index contributed by atoms with van der Waals surface area (Å²) in [6, 6.07) is 2.59. The summed E-state index contributed by atoms with van der Waals surface area (Å²) in [5.74, 6) is -0.357. The number of tetrazole rings is 1. The molecular weight excluding hydrogens is 284 g/mol. The second kappa shape index (κ2) is 5.68. The third kappa shape index (κ3) is 2.68. The lowest BCUT2D eigenvalue weighted by Gasteiger charge is -2.35. The fourth-order valence-corrected chi connectivity index (χ4v) is 2.41. The molecule has 0 spiro atoms. The van der Waals surface area contributed by atoms with E-state index < -0.39 is 18.9 Å². The van der Waals surface area contributed by atoms with Gasteiger partial charge in [0.1, 0.15) is 0 Å². The van der Waals surface area contributed by atoms with Gasteiger partial charge in [0.2, 0.25) is 6.43 Å². The Kier molecular flexibility index (Phi) is 3.74. The Labute approximate surface area is 118 Å². The largest absolute Gasteiger partial charge is 0.377 e. The Bertz CT molecular complexity index is 647. The van der Waals surface area contributed by atoms with Crippen molar-refractivity contribution in [3.63, 3.8) is 0 Å². The number of aromatic nitrogens is 4. The third-order valence-electron chi connectivity index (χ3n) is 3.39. The van der Waals surface area contributed by atoms with Crippen LogP contribution in [0.1, 0.15) is 16.8 Å². The number of nitrogens with zero attached hydrogens (tertiary/aromatic N) is 5. The highest BCUT2D eigenvalue weighted by atomic mass is 19.3. The van der Waals surface area contributed by atoms with Crippen LogP contribution in [0.2, 0.25) is 0 Å². The Balaban J connectivity index is 1.90. The van der Waals surface area contributed by atoms with Crippen LogP contribution in [-0.2, 0) is 4.74 Å². The van der Waals surface area contributed by atoms with Gasteiger partial charge >= 0.3 is 0 Å². The van der Waals surface area contributed by atoms with E-state index in [1.807, 2.05) is 0 Å². The molecule has 2 aromatic rings. The van der Waals surface area contributed by atoms with Crippen molar-refractivity contribution in [2.45, 2.75) is 18.9 Å². The maximum atomic E-state index is 12.6. The molecule has 1 atom stereocenters. The Morgan fingerprint density at radius 3 is 3.19 bits per heavy atom. The normalized spacial score (nSPS) is 19.4. The molecule has 0 aromatic carbocycles. The van der Waals surface area contributed by atoms with Crippen molar-refractivity contribution >= 4 is 11.6 Å². The molecular formula is C12H13F2N5O2. The minimum Gasteiger partial charge on any atom is -0.377 e. The zero-order chi connectivity index (χ0) is 14.8. The van der Waals surface area contributed by atoms with Crippen LogP contribution in [0.5, 0.6) is 0 Å². The summed E-state index contributed by atoms with van der Waals surface area (Å²) in [4.78, 5) is 14.0. The number of hydrogen-bond acceptors (Lipinski definition) is 5. The maximum absolute atomic E-state index is 12.6. The number of amides is 1. The summed E-state index contributed by atoms with van der Waals surface area (Å²) < 4.78 is 31.8. The standard InChI is InChI=1S/C12H13F2N5O2/c13-10(14)6-8-7-21-5-4-18(8)12(20)9-2-1-3-19-11(9)15-16-17-19/h1-3,8,10H,4-7H2. The molecule has 21 heavy (non-hydrogen) atoms. The van der Waals surface area contributed by atoms with Gasteiger partial charge in [0, 0.05) is 19.2 Å². The molecule has 3 rings (SSSR count). The van der Waals surface area contributed by atoms with E-state index in [-0.39, 0.29) is 19.1 Å². The van der Waals surface area contributed by atoms with Crippen LogP contribution >= 0.6 is 0 Å². The predicted octanol–water partition coefficient (Wildman–Crippen LogP) is 0.620. The number of pyridine rings is 1. The highest BCUT2D eigenvalue weighted by Gasteiger charge is 2.31. The van der Waals surface area contributed by atoms with Crippen LogP contribution < -0.4 is 0 Å². The number of hydrogen-bond donors (Lipinski definition) is 0. The van der Waals surface area contributed by atoms with E-state index in [2.05, 4.69) is 15.5 Å². The Morgan fingerprint density at radius 2 is 2.38 bits per heavy atom. The molecule has 9 heteroatoms.